The van der Waals surface area contributed by atoms with Crippen molar-refractivity contribution in [2.24, 2.45) is 5.73 Å². The van der Waals surface area contributed by atoms with Crippen molar-refractivity contribution in [3.63, 3.8) is 0 Å². The van der Waals surface area contributed by atoms with Crippen molar-refractivity contribution in [3.8, 4) is 0 Å². The average molecular weight is 269 g/mol. The number of rotatable bonds is 3. The molecule has 1 rings (SSSR count). The van der Waals surface area contributed by atoms with Gasteiger partial charge in [0.1, 0.15) is 0 Å². The summed E-state index contributed by atoms with van der Waals surface area (Å²) in [5.41, 5.74) is 6.46. The predicted octanol–water partition coefficient (Wildman–Crippen LogP) is 3.68. The molecule has 0 saturated carbocycles. The molecule has 0 aliphatic heterocycles. The highest BCUT2D eigenvalue weighted by molar-refractivity contribution is 6.39. The number of nitrogens with two attached hydrogens (primary N) is 1. The lowest BCUT2D eigenvalue weighted by Crippen LogP contribution is -2.26. The number of hydrogen-bond acceptors (Lipinski definition) is 2. The van der Waals surface area contributed by atoms with E-state index >= 15 is 0 Å². The van der Waals surface area contributed by atoms with Gasteiger partial charge in [-0.3, -0.25) is 0 Å². The van der Waals surface area contributed by atoms with E-state index in [1.165, 1.54) is 0 Å². The van der Waals surface area contributed by atoms with Gasteiger partial charge in [-0.2, -0.15) is 0 Å². The van der Waals surface area contributed by atoms with Crippen molar-refractivity contribution in [1.29, 1.82) is 0 Å². The van der Waals surface area contributed by atoms with Gasteiger partial charge in [-0.15, -0.1) is 0 Å². The second-order valence-corrected chi connectivity index (χ2v) is 4.55. The number of ether oxygens (including phenoxy) is 1. The quantitative estimate of drug-likeness (QED) is 0.907. The first-order valence-corrected chi connectivity index (χ1v) is 5.53. The van der Waals surface area contributed by atoms with Crippen LogP contribution >= 0.6 is 34.8 Å². The lowest BCUT2D eigenvalue weighted by atomic mass is 10.0. The van der Waals surface area contributed by atoms with Gasteiger partial charge in [-0.25, -0.2) is 0 Å². The Morgan fingerprint density at radius 2 is 1.67 bits per heavy atom. The summed E-state index contributed by atoms with van der Waals surface area (Å²) in [6.07, 6.45) is -0.331. The van der Waals surface area contributed by atoms with E-state index in [1.54, 1.807) is 19.2 Å². The molecule has 0 fully saturated rings. The van der Waals surface area contributed by atoms with Crippen LogP contribution in [0.15, 0.2) is 12.1 Å². The molecule has 15 heavy (non-hydrogen) atoms. The fraction of sp³-hybridized carbons (Fsp3) is 0.400. The van der Waals surface area contributed by atoms with Gasteiger partial charge in [0.05, 0.1) is 6.10 Å². The fourth-order valence-electron chi connectivity index (χ4n) is 1.42. The van der Waals surface area contributed by atoms with Gasteiger partial charge >= 0.3 is 0 Å². The van der Waals surface area contributed by atoms with Crippen LogP contribution in [0, 0.1) is 0 Å². The van der Waals surface area contributed by atoms with Crippen LogP contribution in [0.1, 0.15) is 18.6 Å². The molecule has 84 valence electrons. The van der Waals surface area contributed by atoms with Crippen molar-refractivity contribution in [2.45, 2.75) is 19.1 Å². The topological polar surface area (TPSA) is 35.2 Å². The molecule has 0 amide bonds. The summed E-state index contributed by atoms with van der Waals surface area (Å²) in [5.74, 6) is 0. The van der Waals surface area contributed by atoms with Gasteiger partial charge in [0.15, 0.2) is 0 Å². The Kier molecular flexibility index (Phi) is 4.68. The van der Waals surface area contributed by atoms with E-state index in [0.717, 1.165) is 0 Å². The minimum atomic E-state index is -0.331. The average Bonchev–Trinajstić information content (AvgIpc) is 2.09. The van der Waals surface area contributed by atoms with E-state index < -0.39 is 0 Å². The third kappa shape index (κ3) is 2.99. The Morgan fingerprint density at radius 1 is 1.20 bits per heavy atom. The SMILES string of the molecule is COC(c1c(Cl)cc(Cl)cc1Cl)C(C)N. The molecule has 2 nitrogen and oxygen atoms in total. The van der Waals surface area contributed by atoms with Crippen LogP contribution in [0.4, 0.5) is 0 Å². The van der Waals surface area contributed by atoms with Crippen molar-refractivity contribution < 1.29 is 4.74 Å². The van der Waals surface area contributed by atoms with Crippen molar-refractivity contribution in [1.82, 2.24) is 0 Å². The van der Waals surface area contributed by atoms with E-state index in [4.69, 9.17) is 45.3 Å². The molecule has 0 bridgehead atoms. The first-order chi connectivity index (χ1) is 6.97. The molecular formula is C10H12Cl3NO. The van der Waals surface area contributed by atoms with E-state index in [9.17, 15) is 0 Å². The Labute approximate surface area is 104 Å². The van der Waals surface area contributed by atoms with E-state index in [1.807, 2.05) is 6.92 Å². The highest BCUT2D eigenvalue weighted by Gasteiger charge is 2.21. The molecule has 1 aromatic rings. The van der Waals surface area contributed by atoms with Crippen LogP contribution < -0.4 is 5.73 Å². The Bertz CT molecular complexity index is 332. The van der Waals surface area contributed by atoms with Crippen LogP contribution in [0.3, 0.4) is 0 Å². The van der Waals surface area contributed by atoms with E-state index in [0.29, 0.717) is 20.6 Å². The molecule has 0 aliphatic carbocycles. The standard InChI is InChI=1S/C10H12Cl3NO/c1-5(14)10(15-2)9-7(12)3-6(11)4-8(9)13/h3-5,10H,14H2,1-2H3. The monoisotopic (exact) mass is 267 g/mol. The van der Waals surface area contributed by atoms with Gasteiger partial charge in [0.25, 0.3) is 0 Å². The maximum atomic E-state index is 6.05. The lowest BCUT2D eigenvalue weighted by molar-refractivity contribution is 0.0855. The molecule has 0 aromatic heterocycles. The second-order valence-electron chi connectivity index (χ2n) is 3.30. The number of hydrogen-bond donors (Lipinski definition) is 1. The zero-order chi connectivity index (χ0) is 11.6. The largest absolute Gasteiger partial charge is 0.375 e. The molecule has 1 aromatic carbocycles. The molecule has 0 heterocycles. The van der Waals surface area contributed by atoms with Crippen LogP contribution in [-0.2, 0) is 4.74 Å². The molecule has 5 heteroatoms. The van der Waals surface area contributed by atoms with Gasteiger partial charge in [0.2, 0.25) is 0 Å². The normalized spacial score (nSPS) is 15.1. The van der Waals surface area contributed by atoms with Crippen LogP contribution in [0.25, 0.3) is 0 Å². The van der Waals surface area contributed by atoms with Crippen molar-refractivity contribution in [2.75, 3.05) is 7.11 Å². The summed E-state index contributed by atoms with van der Waals surface area (Å²) in [7, 11) is 1.56. The molecular weight excluding hydrogens is 256 g/mol. The van der Waals surface area contributed by atoms with E-state index in [-0.39, 0.29) is 12.1 Å². The van der Waals surface area contributed by atoms with E-state index in [2.05, 4.69) is 0 Å². The minimum Gasteiger partial charge on any atom is -0.375 e. The summed E-state index contributed by atoms with van der Waals surface area (Å²) in [6, 6.07) is 3.04. The first kappa shape index (κ1) is 13.1. The van der Waals surface area contributed by atoms with Crippen LogP contribution in [0.2, 0.25) is 15.1 Å². The minimum absolute atomic E-state index is 0.203. The van der Waals surface area contributed by atoms with Crippen LogP contribution in [0.5, 0.6) is 0 Å². The van der Waals surface area contributed by atoms with Gasteiger partial charge in [-0.1, -0.05) is 34.8 Å². The number of halogens is 3. The Balaban J connectivity index is 3.23. The van der Waals surface area contributed by atoms with Gasteiger partial charge < -0.3 is 10.5 Å². The fourth-order valence-corrected chi connectivity index (χ4v) is 2.45. The summed E-state index contributed by atoms with van der Waals surface area (Å²) in [4.78, 5) is 0. The maximum Gasteiger partial charge on any atom is 0.0997 e. The zero-order valence-corrected chi connectivity index (χ0v) is 10.7. The molecule has 0 aliphatic rings. The third-order valence-electron chi connectivity index (χ3n) is 2.06. The highest BCUT2D eigenvalue weighted by Crippen LogP contribution is 2.35. The number of methoxy groups -OCH3 is 1. The summed E-state index contributed by atoms with van der Waals surface area (Å²) < 4.78 is 5.26. The summed E-state index contributed by atoms with van der Waals surface area (Å²) in [6.45, 7) is 1.83. The summed E-state index contributed by atoms with van der Waals surface area (Å²) >= 11 is 17.9. The molecule has 0 saturated heterocycles. The second kappa shape index (κ2) is 5.37. The first-order valence-electron chi connectivity index (χ1n) is 4.40. The van der Waals surface area contributed by atoms with Crippen molar-refractivity contribution in [3.05, 3.63) is 32.8 Å². The molecule has 2 atom stereocenters. The molecule has 0 radical (unpaired) electrons. The molecule has 0 spiro atoms. The van der Waals surface area contributed by atoms with Gasteiger partial charge in [0, 0.05) is 33.8 Å². The van der Waals surface area contributed by atoms with Crippen molar-refractivity contribution >= 4 is 34.8 Å². The number of benzene rings is 1. The molecule has 2 unspecified atom stereocenters. The van der Waals surface area contributed by atoms with Crippen LogP contribution in [-0.4, -0.2) is 13.2 Å². The maximum absolute atomic E-state index is 6.05. The zero-order valence-electron chi connectivity index (χ0n) is 8.43. The lowest BCUT2D eigenvalue weighted by Gasteiger charge is -2.22. The Hall–Kier alpha value is 0.01000. The Morgan fingerprint density at radius 3 is 2.00 bits per heavy atom. The van der Waals surface area contributed by atoms with Gasteiger partial charge in [-0.05, 0) is 19.1 Å². The summed E-state index contributed by atoms with van der Waals surface area (Å²) in [5, 5.41) is 1.43. The predicted molar refractivity (Wildman–Crippen MR) is 64.9 cm³/mol. The third-order valence-corrected chi connectivity index (χ3v) is 2.90. The molecule has 2 N–H and O–H groups in total. The smallest absolute Gasteiger partial charge is 0.0997 e. The highest BCUT2D eigenvalue weighted by atomic mass is 35.5.